The van der Waals surface area contributed by atoms with Crippen LogP contribution in [-0.4, -0.2) is 0 Å². The summed E-state index contributed by atoms with van der Waals surface area (Å²) in [5.74, 6) is 5.77. The molecule has 5 aliphatic carbocycles. The predicted octanol–water partition coefficient (Wildman–Crippen LogP) is 3.99. The first kappa shape index (κ1) is 9.50. The number of rotatable bonds is 1. The lowest BCUT2D eigenvalue weighted by Crippen LogP contribution is -2.45. The smallest absolute Gasteiger partial charge is 0.000146 e. The predicted molar refractivity (Wildman–Crippen MR) is 65.6 cm³/mol. The monoisotopic (exact) mass is 213 g/mol. The van der Waals surface area contributed by atoms with Crippen LogP contribution < -0.4 is 0 Å². The largest absolute Gasteiger partial charge is 0.0737 e. The lowest BCUT2D eigenvalue weighted by Gasteiger charge is -2.54. The molecule has 1 radical (unpaired) electrons. The van der Waals surface area contributed by atoms with Crippen LogP contribution in [0.1, 0.15) is 39.0 Å². The van der Waals surface area contributed by atoms with Crippen molar-refractivity contribution in [2.75, 3.05) is 0 Å². The molecule has 4 bridgehead atoms. The molecule has 0 spiro atoms. The third kappa shape index (κ3) is 1.28. The van der Waals surface area contributed by atoms with Gasteiger partial charge in [0, 0.05) is 0 Å². The zero-order valence-electron chi connectivity index (χ0n) is 10.2. The first-order valence-electron chi connectivity index (χ1n) is 7.10. The molecular weight excluding hydrogens is 192 g/mol. The SMILES string of the molecule is CC1[C]=CC(C2C3CC4CC(C3)CC2C4)=C1. The average Bonchev–Trinajstić information content (AvgIpc) is 2.63. The van der Waals surface area contributed by atoms with Gasteiger partial charge in [0.05, 0.1) is 0 Å². The summed E-state index contributed by atoms with van der Waals surface area (Å²) in [4.78, 5) is 0. The van der Waals surface area contributed by atoms with E-state index in [1.165, 1.54) is 25.7 Å². The molecule has 0 heterocycles. The first-order chi connectivity index (χ1) is 7.79. The van der Waals surface area contributed by atoms with E-state index in [2.05, 4.69) is 25.2 Å². The molecule has 1 atom stereocenters. The van der Waals surface area contributed by atoms with Gasteiger partial charge in [0.1, 0.15) is 0 Å². The molecule has 5 aliphatic rings. The Morgan fingerprint density at radius 1 is 1.00 bits per heavy atom. The van der Waals surface area contributed by atoms with E-state index in [1.54, 1.807) is 12.0 Å². The molecule has 1 unspecified atom stereocenters. The molecule has 0 aromatic carbocycles. The van der Waals surface area contributed by atoms with E-state index >= 15 is 0 Å². The van der Waals surface area contributed by atoms with Crippen molar-refractivity contribution in [1.29, 1.82) is 0 Å². The van der Waals surface area contributed by atoms with Crippen LogP contribution >= 0.6 is 0 Å². The summed E-state index contributed by atoms with van der Waals surface area (Å²) in [6.45, 7) is 2.26. The van der Waals surface area contributed by atoms with Gasteiger partial charge in [0.25, 0.3) is 0 Å². The normalized spacial score (nSPS) is 53.4. The van der Waals surface area contributed by atoms with Gasteiger partial charge in [-0.1, -0.05) is 19.1 Å². The molecule has 85 valence electrons. The van der Waals surface area contributed by atoms with Gasteiger partial charge in [-0.05, 0) is 79.3 Å². The summed E-state index contributed by atoms with van der Waals surface area (Å²) in [5.41, 5.74) is 1.65. The molecule has 4 fully saturated rings. The molecule has 0 heteroatoms. The summed E-state index contributed by atoms with van der Waals surface area (Å²) >= 11 is 0. The van der Waals surface area contributed by atoms with Gasteiger partial charge in [0.15, 0.2) is 0 Å². The van der Waals surface area contributed by atoms with Crippen molar-refractivity contribution in [1.82, 2.24) is 0 Å². The minimum Gasteiger partial charge on any atom is -0.0737 e. The molecular formula is C16H21. The summed E-state index contributed by atoms with van der Waals surface area (Å²) < 4.78 is 0. The number of allylic oxidation sites excluding steroid dienone is 4. The molecule has 0 amide bonds. The molecule has 5 rings (SSSR count). The molecule has 4 saturated carbocycles. The maximum absolute atomic E-state index is 3.46. The Hall–Kier alpha value is -0.520. The van der Waals surface area contributed by atoms with E-state index in [4.69, 9.17) is 0 Å². The highest BCUT2D eigenvalue weighted by molar-refractivity contribution is 5.30. The zero-order chi connectivity index (χ0) is 10.7. The van der Waals surface area contributed by atoms with Crippen LogP contribution in [0.25, 0.3) is 0 Å². The lowest BCUT2D eigenvalue weighted by atomic mass is 9.50. The van der Waals surface area contributed by atoms with Gasteiger partial charge >= 0.3 is 0 Å². The molecule has 0 aromatic heterocycles. The molecule has 0 aromatic rings. The highest BCUT2D eigenvalue weighted by Gasteiger charge is 2.48. The molecule has 0 aliphatic heterocycles. The summed E-state index contributed by atoms with van der Waals surface area (Å²) in [6, 6.07) is 0. The quantitative estimate of drug-likeness (QED) is 0.617. The Balaban J connectivity index is 1.65. The Morgan fingerprint density at radius 3 is 2.12 bits per heavy atom. The van der Waals surface area contributed by atoms with Gasteiger partial charge < -0.3 is 0 Å². The Bertz CT molecular complexity index is 332. The second-order valence-electron chi connectivity index (χ2n) is 6.72. The molecule has 16 heavy (non-hydrogen) atoms. The Labute approximate surface area is 98.8 Å². The molecule has 0 nitrogen and oxygen atoms in total. The van der Waals surface area contributed by atoms with Gasteiger partial charge in [-0.15, -0.1) is 0 Å². The summed E-state index contributed by atoms with van der Waals surface area (Å²) in [5, 5.41) is 0. The fraction of sp³-hybridized carbons (Fsp3) is 0.750. The van der Waals surface area contributed by atoms with Crippen LogP contribution in [0.2, 0.25) is 0 Å². The van der Waals surface area contributed by atoms with Crippen molar-refractivity contribution in [3.63, 3.8) is 0 Å². The maximum Gasteiger partial charge on any atom is -0.000146 e. The van der Waals surface area contributed by atoms with Crippen LogP contribution in [0.5, 0.6) is 0 Å². The highest BCUT2D eigenvalue weighted by atomic mass is 14.5. The number of hydrogen-bond acceptors (Lipinski definition) is 0. The Kier molecular flexibility index (Phi) is 1.93. The van der Waals surface area contributed by atoms with Gasteiger partial charge in [-0.2, -0.15) is 0 Å². The van der Waals surface area contributed by atoms with E-state index in [0.717, 1.165) is 29.6 Å². The minimum absolute atomic E-state index is 0.576. The minimum atomic E-state index is 0.576. The van der Waals surface area contributed by atoms with Crippen molar-refractivity contribution in [3.05, 3.63) is 23.8 Å². The third-order valence-corrected chi connectivity index (χ3v) is 5.57. The first-order valence-corrected chi connectivity index (χ1v) is 7.10. The number of hydrogen-bond donors (Lipinski definition) is 0. The van der Waals surface area contributed by atoms with E-state index < -0.39 is 0 Å². The van der Waals surface area contributed by atoms with Crippen molar-refractivity contribution in [3.8, 4) is 0 Å². The lowest BCUT2D eigenvalue weighted by molar-refractivity contribution is -0.0194. The fourth-order valence-electron chi connectivity index (χ4n) is 5.29. The van der Waals surface area contributed by atoms with Gasteiger partial charge in [0.2, 0.25) is 0 Å². The highest BCUT2D eigenvalue weighted by Crippen LogP contribution is 2.58. The fourth-order valence-corrected chi connectivity index (χ4v) is 5.29. The second kappa shape index (κ2) is 3.24. The van der Waals surface area contributed by atoms with Crippen LogP contribution in [0.4, 0.5) is 0 Å². The van der Waals surface area contributed by atoms with Crippen molar-refractivity contribution in [2.45, 2.75) is 39.0 Å². The summed E-state index contributed by atoms with van der Waals surface area (Å²) in [7, 11) is 0. The van der Waals surface area contributed by atoms with Gasteiger partial charge in [-0.25, -0.2) is 0 Å². The summed E-state index contributed by atoms with van der Waals surface area (Å²) in [6.07, 6.45) is 16.0. The van der Waals surface area contributed by atoms with Crippen LogP contribution in [-0.2, 0) is 0 Å². The topological polar surface area (TPSA) is 0 Å². The van der Waals surface area contributed by atoms with Gasteiger partial charge in [-0.3, -0.25) is 0 Å². The van der Waals surface area contributed by atoms with Crippen LogP contribution in [0, 0.1) is 41.6 Å². The van der Waals surface area contributed by atoms with Crippen molar-refractivity contribution >= 4 is 0 Å². The standard InChI is InChI=1S/C16H21/c1-10-2-3-13(4-10)16-14-6-11-5-12(8-14)9-15(16)7-11/h3-4,10-12,14-16H,5-9H2,1H3. The third-order valence-electron chi connectivity index (χ3n) is 5.57. The van der Waals surface area contributed by atoms with Crippen LogP contribution in [0.3, 0.4) is 0 Å². The van der Waals surface area contributed by atoms with E-state index in [9.17, 15) is 0 Å². The zero-order valence-corrected chi connectivity index (χ0v) is 10.2. The average molecular weight is 213 g/mol. The van der Waals surface area contributed by atoms with Crippen LogP contribution in [0.15, 0.2) is 17.7 Å². The van der Waals surface area contributed by atoms with E-state index in [1.807, 2.05) is 0 Å². The Morgan fingerprint density at radius 2 is 1.62 bits per heavy atom. The van der Waals surface area contributed by atoms with Crippen molar-refractivity contribution < 1.29 is 0 Å². The second-order valence-corrected chi connectivity index (χ2v) is 6.72. The van der Waals surface area contributed by atoms with E-state index in [0.29, 0.717) is 5.92 Å². The van der Waals surface area contributed by atoms with E-state index in [-0.39, 0.29) is 0 Å². The molecule has 0 saturated heterocycles. The molecule has 0 N–H and O–H groups in total. The van der Waals surface area contributed by atoms with Crippen molar-refractivity contribution in [2.24, 2.45) is 35.5 Å². The maximum atomic E-state index is 3.46.